The highest BCUT2D eigenvalue weighted by atomic mass is 35.5. The van der Waals surface area contributed by atoms with E-state index in [1.54, 1.807) is 12.1 Å². The SMILES string of the molecule is CCCNCc1cc(COc2cccc(Cl)c2)on1. The van der Waals surface area contributed by atoms with Crippen molar-refractivity contribution in [3.05, 3.63) is 46.8 Å². The van der Waals surface area contributed by atoms with E-state index < -0.39 is 0 Å². The molecule has 0 saturated heterocycles. The van der Waals surface area contributed by atoms with Crippen molar-refractivity contribution in [2.75, 3.05) is 6.54 Å². The average Bonchev–Trinajstić information content (AvgIpc) is 2.85. The van der Waals surface area contributed by atoms with Gasteiger partial charge in [-0.3, -0.25) is 0 Å². The van der Waals surface area contributed by atoms with Crippen molar-refractivity contribution >= 4 is 11.6 Å². The van der Waals surface area contributed by atoms with Crippen LogP contribution in [-0.4, -0.2) is 11.7 Å². The third-order valence-electron chi connectivity index (χ3n) is 2.52. The molecule has 0 unspecified atom stereocenters. The van der Waals surface area contributed by atoms with Crippen LogP contribution in [0, 0.1) is 0 Å². The van der Waals surface area contributed by atoms with E-state index in [4.69, 9.17) is 20.9 Å². The summed E-state index contributed by atoms with van der Waals surface area (Å²) in [6.45, 7) is 4.16. The molecule has 19 heavy (non-hydrogen) atoms. The van der Waals surface area contributed by atoms with E-state index in [2.05, 4.69) is 17.4 Å². The van der Waals surface area contributed by atoms with Crippen LogP contribution < -0.4 is 10.1 Å². The predicted molar refractivity (Wildman–Crippen MR) is 74.3 cm³/mol. The number of nitrogens with one attached hydrogen (secondary N) is 1. The van der Waals surface area contributed by atoms with Gasteiger partial charge in [-0.2, -0.15) is 0 Å². The Hall–Kier alpha value is -1.52. The summed E-state index contributed by atoms with van der Waals surface area (Å²) < 4.78 is 10.8. The van der Waals surface area contributed by atoms with Gasteiger partial charge in [0.05, 0.1) is 5.69 Å². The van der Waals surface area contributed by atoms with Gasteiger partial charge in [-0.1, -0.05) is 29.7 Å². The van der Waals surface area contributed by atoms with Gasteiger partial charge in [0.15, 0.2) is 5.76 Å². The van der Waals surface area contributed by atoms with Crippen LogP contribution in [0.5, 0.6) is 5.75 Å². The molecule has 0 amide bonds. The van der Waals surface area contributed by atoms with E-state index in [-0.39, 0.29) is 0 Å². The lowest BCUT2D eigenvalue weighted by Gasteiger charge is -2.03. The van der Waals surface area contributed by atoms with Gasteiger partial charge in [0.25, 0.3) is 0 Å². The van der Waals surface area contributed by atoms with Gasteiger partial charge >= 0.3 is 0 Å². The molecular formula is C14H17ClN2O2. The number of halogens is 1. The maximum atomic E-state index is 5.88. The molecule has 102 valence electrons. The van der Waals surface area contributed by atoms with Crippen LogP contribution in [0.3, 0.4) is 0 Å². The van der Waals surface area contributed by atoms with Gasteiger partial charge in [0.2, 0.25) is 0 Å². The van der Waals surface area contributed by atoms with Gasteiger partial charge in [0, 0.05) is 17.6 Å². The lowest BCUT2D eigenvalue weighted by atomic mass is 10.3. The highest BCUT2D eigenvalue weighted by molar-refractivity contribution is 6.30. The van der Waals surface area contributed by atoms with E-state index in [1.807, 2.05) is 18.2 Å². The smallest absolute Gasteiger partial charge is 0.174 e. The highest BCUT2D eigenvalue weighted by Crippen LogP contribution is 2.18. The summed E-state index contributed by atoms with van der Waals surface area (Å²) in [4.78, 5) is 0. The maximum absolute atomic E-state index is 5.88. The first-order valence-corrected chi connectivity index (χ1v) is 6.69. The number of hydrogen-bond donors (Lipinski definition) is 1. The topological polar surface area (TPSA) is 47.3 Å². The Morgan fingerprint density at radius 3 is 3.05 bits per heavy atom. The van der Waals surface area contributed by atoms with E-state index in [1.165, 1.54) is 0 Å². The summed E-state index contributed by atoms with van der Waals surface area (Å²) in [6.07, 6.45) is 1.10. The molecule has 0 aliphatic heterocycles. The van der Waals surface area contributed by atoms with Crippen molar-refractivity contribution in [3.8, 4) is 5.75 Å². The number of benzene rings is 1. The van der Waals surface area contributed by atoms with Crippen molar-refractivity contribution in [2.45, 2.75) is 26.5 Å². The fourth-order valence-electron chi connectivity index (χ4n) is 1.61. The number of rotatable bonds is 7. The Bertz CT molecular complexity index is 514. The second-order valence-electron chi connectivity index (χ2n) is 4.21. The van der Waals surface area contributed by atoms with Gasteiger partial charge in [0.1, 0.15) is 12.4 Å². The van der Waals surface area contributed by atoms with E-state index >= 15 is 0 Å². The zero-order chi connectivity index (χ0) is 13.5. The molecule has 0 spiro atoms. The van der Waals surface area contributed by atoms with Crippen LogP contribution in [0.2, 0.25) is 5.02 Å². The molecule has 0 fully saturated rings. The van der Waals surface area contributed by atoms with Gasteiger partial charge in [-0.15, -0.1) is 0 Å². The second kappa shape index (κ2) is 7.16. The summed E-state index contributed by atoms with van der Waals surface area (Å²) in [5.41, 5.74) is 0.887. The number of nitrogens with zero attached hydrogens (tertiary/aromatic N) is 1. The Kier molecular flexibility index (Phi) is 5.24. The minimum atomic E-state index is 0.348. The molecule has 0 radical (unpaired) electrons. The van der Waals surface area contributed by atoms with Crippen LogP contribution in [0.4, 0.5) is 0 Å². The molecule has 0 aliphatic rings. The molecule has 5 heteroatoms. The van der Waals surface area contributed by atoms with E-state index in [0.717, 1.165) is 24.4 Å². The average molecular weight is 281 g/mol. The van der Waals surface area contributed by atoms with Crippen LogP contribution in [0.25, 0.3) is 0 Å². The monoisotopic (exact) mass is 280 g/mol. The summed E-state index contributed by atoms with van der Waals surface area (Å²) in [6, 6.07) is 9.17. The summed E-state index contributed by atoms with van der Waals surface area (Å²) >= 11 is 5.88. The maximum Gasteiger partial charge on any atom is 0.174 e. The molecule has 0 saturated carbocycles. The molecule has 2 aromatic rings. The molecule has 4 nitrogen and oxygen atoms in total. The largest absolute Gasteiger partial charge is 0.485 e. The summed E-state index contributed by atoms with van der Waals surface area (Å²) in [5, 5.41) is 7.89. The minimum Gasteiger partial charge on any atom is -0.485 e. The van der Waals surface area contributed by atoms with Crippen molar-refractivity contribution in [3.63, 3.8) is 0 Å². The van der Waals surface area contributed by atoms with Crippen molar-refractivity contribution in [1.29, 1.82) is 0 Å². The lowest BCUT2D eigenvalue weighted by Crippen LogP contribution is -2.13. The Labute approximate surface area is 117 Å². The fourth-order valence-corrected chi connectivity index (χ4v) is 1.79. The van der Waals surface area contributed by atoms with Gasteiger partial charge < -0.3 is 14.6 Å². The summed E-state index contributed by atoms with van der Waals surface area (Å²) in [7, 11) is 0. The van der Waals surface area contributed by atoms with Crippen molar-refractivity contribution < 1.29 is 9.26 Å². The molecule has 1 aromatic carbocycles. The normalized spacial score (nSPS) is 10.6. The Morgan fingerprint density at radius 2 is 2.26 bits per heavy atom. The second-order valence-corrected chi connectivity index (χ2v) is 4.64. The van der Waals surface area contributed by atoms with Crippen LogP contribution >= 0.6 is 11.6 Å². The zero-order valence-corrected chi connectivity index (χ0v) is 11.6. The first kappa shape index (κ1) is 13.9. The summed E-state index contributed by atoms with van der Waals surface area (Å²) in [5.74, 6) is 1.42. The third-order valence-corrected chi connectivity index (χ3v) is 2.75. The molecule has 0 aliphatic carbocycles. The Morgan fingerprint density at radius 1 is 1.37 bits per heavy atom. The van der Waals surface area contributed by atoms with Gasteiger partial charge in [-0.25, -0.2) is 0 Å². The molecule has 1 N–H and O–H groups in total. The molecule has 1 heterocycles. The number of ether oxygens (including phenoxy) is 1. The molecule has 0 bridgehead atoms. The van der Waals surface area contributed by atoms with Crippen molar-refractivity contribution in [2.24, 2.45) is 0 Å². The van der Waals surface area contributed by atoms with E-state index in [0.29, 0.717) is 23.9 Å². The first-order valence-electron chi connectivity index (χ1n) is 6.31. The lowest BCUT2D eigenvalue weighted by molar-refractivity contribution is 0.248. The molecule has 1 aromatic heterocycles. The van der Waals surface area contributed by atoms with Crippen LogP contribution in [0.1, 0.15) is 24.8 Å². The van der Waals surface area contributed by atoms with E-state index in [9.17, 15) is 0 Å². The molecule has 0 atom stereocenters. The van der Waals surface area contributed by atoms with Crippen LogP contribution in [-0.2, 0) is 13.2 Å². The highest BCUT2D eigenvalue weighted by Gasteiger charge is 2.05. The van der Waals surface area contributed by atoms with Gasteiger partial charge in [-0.05, 0) is 31.2 Å². The molecule has 2 rings (SSSR count). The van der Waals surface area contributed by atoms with Crippen molar-refractivity contribution in [1.82, 2.24) is 10.5 Å². The zero-order valence-electron chi connectivity index (χ0n) is 10.9. The number of aromatic nitrogens is 1. The minimum absolute atomic E-state index is 0.348. The number of hydrogen-bond acceptors (Lipinski definition) is 4. The quantitative estimate of drug-likeness (QED) is 0.790. The van der Waals surface area contributed by atoms with Crippen LogP contribution in [0.15, 0.2) is 34.9 Å². The third kappa shape index (κ3) is 4.58. The first-order chi connectivity index (χ1) is 9.28. The fraction of sp³-hybridized carbons (Fsp3) is 0.357. The standard InChI is InChI=1S/C14H17ClN2O2/c1-2-6-16-9-12-8-14(19-17-12)10-18-13-5-3-4-11(15)7-13/h3-5,7-8,16H,2,6,9-10H2,1H3. The predicted octanol–water partition coefficient (Wildman–Crippen LogP) is 3.41. The Balaban J connectivity index is 1.83. The molecular weight excluding hydrogens is 264 g/mol.